The third-order valence-electron chi connectivity index (χ3n) is 4.58. The molecule has 3 aromatic rings. The van der Waals surface area contributed by atoms with E-state index in [9.17, 15) is 9.59 Å². The van der Waals surface area contributed by atoms with Crippen LogP contribution in [0.1, 0.15) is 13.8 Å². The highest BCUT2D eigenvalue weighted by Crippen LogP contribution is 2.41. The second kappa shape index (κ2) is 9.42. The number of fused-ring (bicyclic) bond motifs is 1. The standard InChI is InChI=1S/C23H24O8/c1-6-29-23(25)13(2)30-15-7-8-18-16(11-15)17(24)12-19(31-18)14-9-20(26-3)22(28-5)21(10-14)27-4/h7-13H,6H2,1-5H3. The van der Waals surface area contributed by atoms with Gasteiger partial charge in [-0.3, -0.25) is 4.79 Å². The van der Waals surface area contributed by atoms with Crippen LogP contribution < -0.4 is 24.4 Å². The fourth-order valence-electron chi connectivity index (χ4n) is 3.09. The van der Waals surface area contributed by atoms with Crippen LogP contribution in [0.5, 0.6) is 23.0 Å². The van der Waals surface area contributed by atoms with E-state index in [0.29, 0.717) is 45.3 Å². The van der Waals surface area contributed by atoms with E-state index in [2.05, 4.69) is 0 Å². The summed E-state index contributed by atoms with van der Waals surface area (Å²) in [5.74, 6) is 1.54. The molecule has 0 N–H and O–H groups in total. The van der Waals surface area contributed by atoms with Crippen LogP contribution in [0.3, 0.4) is 0 Å². The monoisotopic (exact) mass is 428 g/mol. The van der Waals surface area contributed by atoms with Crippen molar-refractivity contribution < 1.29 is 32.9 Å². The van der Waals surface area contributed by atoms with Crippen molar-refractivity contribution in [3.05, 3.63) is 46.6 Å². The van der Waals surface area contributed by atoms with Crippen LogP contribution in [0.15, 0.2) is 45.6 Å². The van der Waals surface area contributed by atoms with E-state index in [1.807, 2.05) is 0 Å². The molecule has 2 aromatic carbocycles. The smallest absolute Gasteiger partial charge is 0.347 e. The lowest BCUT2D eigenvalue weighted by atomic mass is 10.1. The summed E-state index contributed by atoms with van der Waals surface area (Å²) in [6.07, 6.45) is -0.803. The van der Waals surface area contributed by atoms with Crippen LogP contribution in [-0.2, 0) is 9.53 Å². The Morgan fingerprint density at radius 3 is 2.26 bits per heavy atom. The van der Waals surface area contributed by atoms with Gasteiger partial charge in [0.25, 0.3) is 0 Å². The SMILES string of the molecule is CCOC(=O)C(C)Oc1ccc2oc(-c3cc(OC)c(OC)c(OC)c3)cc(=O)c2c1. The van der Waals surface area contributed by atoms with Crippen LogP contribution in [-0.4, -0.2) is 40.0 Å². The lowest BCUT2D eigenvalue weighted by Gasteiger charge is -2.14. The van der Waals surface area contributed by atoms with Crippen molar-refractivity contribution in [2.75, 3.05) is 27.9 Å². The van der Waals surface area contributed by atoms with Crippen molar-refractivity contribution in [2.24, 2.45) is 0 Å². The number of hydrogen-bond donors (Lipinski definition) is 0. The van der Waals surface area contributed by atoms with Gasteiger partial charge in [0.2, 0.25) is 5.75 Å². The molecule has 0 saturated carbocycles. The van der Waals surface area contributed by atoms with Gasteiger partial charge in [0.15, 0.2) is 23.0 Å². The van der Waals surface area contributed by atoms with Crippen molar-refractivity contribution in [2.45, 2.75) is 20.0 Å². The first kappa shape index (κ1) is 22.0. The Morgan fingerprint density at radius 2 is 1.68 bits per heavy atom. The number of carbonyl (C=O) groups is 1. The number of methoxy groups -OCH3 is 3. The maximum atomic E-state index is 12.8. The number of ether oxygens (including phenoxy) is 5. The Labute approximate surface area is 179 Å². The average Bonchev–Trinajstić information content (AvgIpc) is 2.78. The first-order valence-corrected chi connectivity index (χ1v) is 9.63. The van der Waals surface area contributed by atoms with Gasteiger partial charge in [-0.2, -0.15) is 0 Å². The van der Waals surface area contributed by atoms with E-state index in [0.717, 1.165) is 0 Å². The van der Waals surface area contributed by atoms with E-state index < -0.39 is 12.1 Å². The lowest BCUT2D eigenvalue weighted by molar-refractivity contribution is -0.150. The first-order valence-electron chi connectivity index (χ1n) is 9.63. The second-order valence-corrected chi connectivity index (χ2v) is 6.56. The molecule has 31 heavy (non-hydrogen) atoms. The molecule has 164 valence electrons. The topological polar surface area (TPSA) is 93.4 Å². The van der Waals surface area contributed by atoms with E-state index in [1.54, 1.807) is 38.1 Å². The summed E-state index contributed by atoms with van der Waals surface area (Å²) in [6.45, 7) is 3.56. The van der Waals surface area contributed by atoms with Crippen molar-refractivity contribution in [3.63, 3.8) is 0 Å². The summed E-state index contributed by atoms with van der Waals surface area (Å²) in [7, 11) is 4.53. The third-order valence-corrected chi connectivity index (χ3v) is 4.58. The van der Waals surface area contributed by atoms with E-state index in [4.69, 9.17) is 28.1 Å². The number of rotatable bonds is 8. The summed E-state index contributed by atoms with van der Waals surface area (Å²) < 4.78 is 32.5. The molecule has 0 amide bonds. The molecule has 0 aliphatic carbocycles. The zero-order chi connectivity index (χ0) is 22.5. The molecular weight excluding hydrogens is 404 g/mol. The summed E-state index contributed by atoms with van der Waals surface area (Å²) in [5, 5.41) is 0.324. The highest BCUT2D eigenvalue weighted by molar-refractivity contribution is 5.81. The molecule has 0 saturated heterocycles. The second-order valence-electron chi connectivity index (χ2n) is 6.56. The highest BCUT2D eigenvalue weighted by Gasteiger charge is 2.18. The van der Waals surface area contributed by atoms with Gasteiger partial charge >= 0.3 is 5.97 Å². The van der Waals surface area contributed by atoms with Crippen molar-refractivity contribution in [1.29, 1.82) is 0 Å². The minimum Gasteiger partial charge on any atom is -0.493 e. The van der Waals surface area contributed by atoms with Crippen LogP contribution in [0, 0.1) is 0 Å². The molecule has 1 atom stereocenters. The predicted molar refractivity (Wildman–Crippen MR) is 114 cm³/mol. The average molecular weight is 428 g/mol. The highest BCUT2D eigenvalue weighted by atomic mass is 16.6. The van der Waals surface area contributed by atoms with E-state index >= 15 is 0 Å². The van der Waals surface area contributed by atoms with Crippen molar-refractivity contribution >= 4 is 16.9 Å². The summed E-state index contributed by atoms with van der Waals surface area (Å²) in [4.78, 5) is 24.6. The summed E-state index contributed by atoms with van der Waals surface area (Å²) in [6, 6.07) is 9.55. The Hall–Kier alpha value is -3.68. The predicted octanol–water partition coefficient (Wildman–Crippen LogP) is 3.82. The van der Waals surface area contributed by atoms with Crippen molar-refractivity contribution in [3.8, 4) is 34.3 Å². The maximum Gasteiger partial charge on any atom is 0.347 e. The van der Waals surface area contributed by atoms with Gasteiger partial charge in [0.1, 0.15) is 17.1 Å². The van der Waals surface area contributed by atoms with Gasteiger partial charge in [-0.25, -0.2) is 4.79 Å². The molecule has 0 aliphatic heterocycles. The molecule has 0 aliphatic rings. The molecule has 1 unspecified atom stereocenters. The maximum absolute atomic E-state index is 12.8. The van der Waals surface area contributed by atoms with Gasteiger partial charge in [0.05, 0.1) is 33.3 Å². The normalized spacial score (nSPS) is 11.6. The summed E-state index contributed by atoms with van der Waals surface area (Å²) in [5.41, 5.74) is 0.691. The molecule has 1 heterocycles. The molecular formula is C23H24O8. The number of benzene rings is 2. The molecule has 0 fully saturated rings. The zero-order valence-electron chi connectivity index (χ0n) is 18.0. The number of esters is 1. The van der Waals surface area contributed by atoms with Crippen molar-refractivity contribution in [1.82, 2.24) is 0 Å². The van der Waals surface area contributed by atoms with Crippen LogP contribution in [0.2, 0.25) is 0 Å². The Balaban J connectivity index is 2.00. The number of carbonyl (C=O) groups excluding carboxylic acids is 1. The Kier molecular flexibility index (Phi) is 6.69. The summed E-state index contributed by atoms with van der Waals surface area (Å²) >= 11 is 0. The fraction of sp³-hybridized carbons (Fsp3) is 0.304. The third kappa shape index (κ3) is 4.58. The molecule has 1 aromatic heterocycles. The quantitative estimate of drug-likeness (QED) is 0.500. The first-order chi connectivity index (χ1) is 14.9. The number of hydrogen-bond acceptors (Lipinski definition) is 8. The van der Waals surface area contributed by atoms with Crippen LogP contribution >= 0.6 is 0 Å². The Morgan fingerprint density at radius 1 is 1.00 bits per heavy atom. The minimum absolute atomic E-state index is 0.261. The van der Waals surface area contributed by atoms with E-state index in [-0.39, 0.29) is 12.0 Å². The molecule has 0 bridgehead atoms. The molecule has 3 rings (SSSR count). The zero-order valence-corrected chi connectivity index (χ0v) is 18.0. The van der Waals surface area contributed by atoms with Gasteiger partial charge < -0.3 is 28.1 Å². The Bertz CT molecular complexity index is 1120. The molecule has 8 heteroatoms. The molecule has 0 radical (unpaired) electrons. The largest absolute Gasteiger partial charge is 0.493 e. The van der Waals surface area contributed by atoms with Crippen LogP contribution in [0.4, 0.5) is 0 Å². The van der Waals surface area contributed by atoms with Gasteiger partial charge in [-0.05, 0) is 44.2 Å². The van der Waals surface area contributed by atoms with E-state index in [1.165, 1.54) is 33.5 Å². The van der Waals surface area contributed by atoms with Gasteiger partial charge in [-0.1, -0.05) is 0 Å². The van der Waals surface area contributed by atoms with Gasteiger partial charge in [0, 0.05) is 11.6 Å². The van der Waals surface area contributed by atoms with Crippen LogP contribution in [0.25, 0.3) is 22.3 Å². The minimum atomic E-state index is -0.803. The fourth-order valence-corrected chi connectivity index (χ4v) is 3.09. The lowest BCUT2D eigenvalue weighted by Crippen LogP contribution is -2.26. The molecule has 8 nitrogen and oxygen atoms in total. The molecule has 0 spiro atoms. The van der Waals surface area contributed by atoms with Gasteiger partial charge in [-0.15, -0.1) is 0 Å².